The highest BCUT2D eigenvalue weighted by Crippen LogP contribution is 2.56. The number of hydrogen-bond acceptors (Lipinski definition) is 9. The van der Waals surface area contributed by atoms with Crippen LogP contribution in [0.4, 0.5) is 0 Å². The number of aliphatic hydroxyl groups is 2. The van der Waals surface area contributed by atoms with Crippen molar-refractivity contribution in [3.8, 4) is 0 Å². The lowest BCUT2D eigenvalue weighted by molar-refractivity contribution is -0.327. The molecule has 0 saturated carbocycles. The molecule has 9 nitrogen and oxygen atoms in total. The van der Waals surface area contributed by atoms with Crippen LogP contribution >= 0.6 is 0 Å². The molecule has 4 aliphatic rings. The molecule has 38 heavy (non-hydrogen) atoms. The molecule has 3 bridgehead atoms. The predicted molar refractivity (Wildman–Crippen MR) is 141 cm³/mol. The van der Waals surface area contributed by atoms with Gasteiger partial charge in [-0.05, 0) is 79.6 Å². The van der Waals surface area contributed by atoms with Crippen LogP contribution in [0, 0.1) is 17.8 Å². The molecule has 218 valence electrons. The maximum atomic E-state index is 13.3. The summed E-state index contributed by atoms with van der Waals surface area (Å²) in [5.41, 5.74) is -0.848. The van der Waals surface area contributed by atoms with Gasteiger partial charge in [0, 0.05) is 17.9 Å². The average molecular weight is 540 g/mol. The van der Waals surface area contributed by atoms with Crippen molar-refractivity contribution in [3.63, 3.8) is 0 Å². The third-order valence-electron chi connectivity index (χ3n) is 9.50. The third-order valence-corrected chi connectivity index (χ3v) is 9.50. The Balaban J connectivity index is 1.77. The van der Waals surface area contributed by atoms with Crippen molar-refractivity contribution in [2.75, 3.05) is 14.1 Å². The molecule has 0 aliphatic carbocycles. The summed E-state index contributed by atoms with van der Waals surface area (Å²) >= 11 is 0. The van der Waals surface area contributed by atoms with Crippen LogP contribution in [0.2, 0.25) is 0 Å². The number of fused-ring (bicyclic) bond motifs is 2. The van der Waals surface area contributed by atoms with Gasteiger partial charge in [0.05, 0.1) is 29.8 Å². The van der Waals surface area contributed by atoms with Crippen LogP contribution in [-0.2, 0) is 28.5 Å². The number of aliphatic hydroxyl groups excluding tert-OH is 2. The zero-order chi connectivity index (χ0) is 28.4. The highest BCUT2D eigenvalue weighted by molar-refractivity contribution is 5.73. The first-order chi connectivity index (χ1) is 17.6. The largest absolute Gasteiger partial charge is 0.459 e. The first-order valence-corrected chi connectivity index (χ1v) is 14.2. The van der Waals surface area contributed by atoms with Crippen molar-refractivity contribution in [2.45, 2.75) is 134 Å². The van der Waals surface area contributed by atoms with Crippen LogP contribution in [-0.4, -0.2) is 95.0 Å². The van der Waals surface area contributed by atoms with Gasteiger partial charge in [0.1, 0.15) is 17.8 Å². The second-order valence-electron chi connectivity index (χ2n) is 12.9. The molecule has 0 aromatic heterocycles. The molecule has 13 atom stereocenters. The molecule has 0 aromatic rings. The van der Waals surface area contributed by atoms with Gasteiger partial charge in [0.25, 0.3) is 0 Å². The van der Waals surface area contributed by atoms with Gasteiger partial charge in [-0.25, -0.2) is 0 Å². The zero-order valence-corrected chi connectivity index (χ0v) is 24.8. The fourth-order valence-corrected chi connectivity index (χ4v) is 7.37. The van der Waals surface area contributed by atoms with Gasteiger partial charge in [0.2, 0.25) is 0 Å². The van der Waals surface area contributed by atoms with E-state index in [1.165, 1.54) is 0 Å². The van der Waals surface area contributed by atoms with Crippen molar-refractivity contribution < 1.29 is 38.7 Å². The van der Waals surface area contributed by atoms with E-state index in [1.807, 2.05) is 66.6 Å². The monoisotopic (exact) mass is 539 g/mol. The number of hydrogen-bond donors (Lipinski definition) is 2. The van der Waals surface area contributed by atoms with Crippen molar-refractivity contribution >= 4 is 5.97 Å². The average Bonchev–Trinajstić information content (AvgIpc) is 3.25. The second kappa shape index (κ2) is 10.4. The summed E-state index contributed by atoms with van der Waals surface area (Å²) in [6.07, 6.45) is -0.437. The summed E-state index contributed by atoms with van der Waals surface area (Å²) in [5.74, 6) is -2.90. The summed E-state index contributed by atoms with van der Waals surface area (Å²) in [6.45, 7) is 15.5. The van der Waals surface area contributed by atoms with Crippen LogP contribution < -0.4 is 0 Å². The first-order valence-electron chi connectivity index (χ1n) is 14.2. The number of ether oxygens (including phenoxy) is 5. The molecular formula is C29H49NO8. The van der Waals surface area contributed by atoms with Gasteiger partial charge in [-0.15, -0.1) is 0 Å². The molecule has 0 aromatic carbocycles. The number of esters is 1. The maximum Gasteiger partial charge on any atom is 0.311 e. The van der Waals surface area contributed by atoms with Crippen LogP contribution in [0.5, 0.6) is 0 Å². The smallest absolute Gasteiger partial charge is 0.311 e. The number of carbonyl (C=O) groups excluding carboxylic acids is 1. The Morgan fingerprint density at radius 1 is 1.11 bits per heavy atom. The minimum Gasteiger partial charge on any atom is -0.459 e. The molecule has 0 radical (unpaired) electrons. The van der Waals surface area contributed by atoms with E-state index in [1.54, 1.807) is 6.92 Å². The molecule has 1 spiro atoms. The van der Waals surface area contributed by atoms with Crippen LogP contribution in [0.15, 0.2) is 11.6 Å². The molecule has 3 fully saturated rings. The Morgan fingerprint density at radius 3 is 2.37 bits per heavy atom. The van der Waals surface area contributed by atoms with E-state index in [4.69, 9.17) is 23.7 Å². The van der Waals surface area contributed by atoms with Crippen LogP contribution in [0.25, 0.3) is 0 Å². The third kappa shape index (κ3) is 4.86. The molecule has 4 aliphatic heterocycles. The molecule has 3 saturated heterocycles. The van der Waals surface area contributed by atoms with E-state index in [-0.39, 0.29) is 18.1 Å². The van der Waals surface area contributed by atoms with Gasteiger partial charge < -0.3 is 38.8 Å². The number of carbonyl (C=O) groups is 1. The fraction of sp³-hybridized carbons (Fsp3) is 0.897. The minimum absolute atomic E-state index is 0.0435. The topological polar surface area (TPSA) is 107 Å². The molecular weight excluding hydrogens is 490 g/mol. The van der Waals surface area contributed by atoms with Gasteiger partial charge in [-0.2, -0.15) is 0 Å². The van der Waals surface area contributed by atoms with E-state index < -0.39 is 65.5 Å². The van der Waals surface area contributed by atoms with Gasteiger partial charge in [0.15, 0.2) is 12.1 Å². The van der Waals surface area contributed by atoms with E-state index >= 15 is 0 Å². The number of rotatable bonds is 4. The van der Waals surface area contributed by atoms with E-state index in [0.29, 0.717) is 19.3 Å². The van der Waals surface area contributed by atoms with Crippen LogP contribution in [0.1, 0.15) is 74.7 Å². The predicted octanol–water partition coefficient (Wildman–Crippen LogP) is 3.01. The van der Waals surface area contributed by atoms with Gasteiger partial charge in [-0.3, -0.25) is 4.79 Å². The van der Waals surface area contributed by atoms with E-state index in [0.717, 1.165) is 5.57 Å². The minimum atomic E-state index is -1.07. The number of likely N-dealkylation sites (N-methyl/N-ethyl adjacent to an activating group) is 1. The van der Waals surface area contributed by atoms with E-state index in [9.17, 15) is 15.0 Å². The SMILES string of the molecule is CC[C@H]1OC(=O)[C@H](C)[C@@H](O)[C@H](C)[C@@H](O[C@@H]2O[C@H](C)C[C@H](N(C)C)[C@H]2O)[C@@]2(C)C[C@@H](C)C3(O2)O[C@@]1(C)C=C3C. The Bertz CT molecular complexity index is 926. The normalized spacial score (nSPS) is 51.8. The highest BCUT2D eigenvalue weighted by Gasteiger charge is 2.64. The lowest BCUT2D eigenvalue weighted by atomic mass is 9.78. The Labute approximate surface area is 227 Å². The summed E-state index contributed by atoms with van der Waals surface area (Å²) in [6, 6.07) is -0.151. The van der Waals surface area contributed by atoms with Gasteiger partial charge in [-0.1, -0.05) is 20.8 Å². The molecule has 9 heteroatoms. The van der Waals surface area contributed by atoms with Crippen molar-refractivity contribution in [1.29, 1.82) is 0 Å². The quantitative estimate of drug-likeness (QED) is 0.412. The fourth-order valence-electron chi connectivity index (χ4n) is 7.37. The maximum absolute atomic E-state index is 13.3. The number of cyclic esters (lactones) is 1. The molecule has 4 rings (SSSR count). The van der Waals surface area contributed by atoms with Crippen molar-refractivity contribution in [3.05, 3.63) is 11.6 Å². The lowest BCUT2D eigenvalue weighted by Crippen LogP contribution is -2.59. The van der Waals surface area contributed by atoms with Crippen molar-refractivity contribution in [2.24, 2.45) is 17.8 Å². The van der Waals surface area contributed by atoms with Crippen LogP contribution in [0.3, 0.4) is 0 Å². The summed E-state index contributed by atoms with van der Waals surface area (Å²) in [5, 5.41) is 22.7. The Kier molecular flexibility index (Phi) is 8.18. The number of nitrogens with zero attached hydrogens (tertiary/aromatic N) is 1. The molecule has 0 amide bonds. The van der Waals surface area contributed by atoms with E-state index in [2.05, 4.69) is 6.92 Å². The lowest BCUT2D eigenvalue weighted by Gasteiger charge is -2.47. The summed E-state index contributed by atoms with van der Waals surface area (Å²) < 4.78 is 32.4. The van der Waals surface area contributed by atoms with Gasteiger partial charge >= 0.3 is 5.97 Å². The summed E-state index contributed by atoms with van der Waals surface area (Å²) in [7, 11) is 3.86. The van der Waals surface area contributed by atoms with Crippen molar-refractivity contribution in [1.82, 2.24) is 4.90 Å². The Hall–Kier alpha value is -1.07. The highest BCUT2D eigenvalue weighted by atomic mass is 16.8. The zero-order valence-electron chi connectivity index (χ0n) is 24.8. The first kappa shape index (κ1) is 29.9. The molecule has 2 N–H and O–H groups in total. The standard InChI is InChI=1S/C29H49NO8/c1-11-21-27(7)13-15(2)29(37-27)16(3)14-28(8,38-29)24(18(5)22(31)19(6)25(33)35-21)36-26-23(32)20(30(9)10)12-17(4)34-26/h13,16-24,26,31-32H,11-12,14H2,1-10H3/t16-,17-,18+,19-,20+,21-,22+,23-,24-,26+,27+,28-,29?/m1/s1. The summed E-state index contributed by atoms with van der Waals surface area (Å²) in [4.78, 5) is 15.3. The Morgan fingerprint density at radius 2 is 1.76 bits per heavy atom. The molecule has 4 heterocycles. The molecule has 1 unspecified atom stereocenters. The second-order valence-corrected chi connectivity index (χ2v) is 12.9.